The molecule has 0 radical (unpaired) electrons. The minimum atomic E-state index is -3.63. The minimum absolute atomic E-state index is 0.00806. The zero-order chi connectivity index (χ0) is 20.9. The Bertz CT molecular complexity index is 965. The van der Waals surface area contributed by atoms with Crippen molar-refractivity contribution in [2.24, 2.45) is 0 Å². The molecule has 0 spiro atoms. The third-order valence-corrected chi connectivity index (χ3v) is 8.24. The number of nitrogens with one attached hydrogen (secondary N) is 1. The van der Waals surface area contributed by atoms with Gasteiger partial charge < -0.3 is 5.32 Å². The highest BCUT2D eigenvalue weighted by Gasteiger charge is 2.32. The molecule has 1 amide bonds. The maximum absolute atomic E-state index is 12.4. The first-order chi connectivity index (χ1) is 13.1. The Hall–Kier alpha value is -1.93. The van der Waals surface area contributed by atoms with Gasteiger partial charge in [-0.2, -0.15) is 0 Å². The van der Waals surface area contributed by atoms with Crippen molar-refractivity contribution in [1.82, 2.24) is 14.5 Å². The third-order valence-electron chi connectivity index (χ3n) is 4.57. The van der Waals surface area contributed by atoms with Crippen LogP contribution in [-0.4, -0.2) is 76.7 Å². The largest absolute Gasteiger partial charge is 0.351 e. The lowest BCUT2D eigenvalue weighted by Crippen LogP contribution is -2.43. The van der Waals surface area contributed by atoms with Crippen LogP contribution >= 0.6 is 0 Å². The van der Waals surface area contributed by atoms with Gasteiger partial charge in [0.1, 0.15) is 0 Å². The predicted octanol–water partition coefficient (Wildman–Crippen LogP) is -0.325. The fourth-order valence-corrected chi connectivity index (χ4v) is 5.90. The zero-order valence-electron chi connectivity index (χ0n) is 16.0. The first-order valence-electron chi connectivity index (χ1n) is 8.72. The number of sulfone groups is 1. The van der Waals surface area contributed by atoms with E-state index in [0.717, 1.165) is 4.31 Å². The SMILES string of the molecule is C#CCN(CC(=O)NCc1ccccc1S(=O)(=O)N(C)C)C1CCS(=O)(=O)C1. The highest BCUT2D eigenvalue weighted by molar-refractivity contribution is 7.91. The summed E-state index contributed by atoms with van der Waals surface area (Å²) >= 11 is 0. The predicted molar refractivity (Wildman–Crippen MR) is 107 cm³/mol. The molecule has 1 aliphatic heterocycles. The smallest absolute Gasteiger partial charge is 0.242 e. The van der Waals surface area contributed by atoms with Gasteiger partial charge in [-0.1, -0.05) is 24.1 Å². The van der Waals surface area contributed by atoms with Crippen LogP contribution in [0.15, 0.2) is 29.2 Å². The topological polar surface area (TPSA) is 104 Å². The van der Waals surface area contributed by atoms with Gasteiger partial charge in [0.25, 0.3) is 0 Å². The number of benzene rings is 1. The summed E-state index contributed by atoms with van der Waals surface area (Å²) in [4.78, 5) is 14.2. The fraction of sp³-hybridized carbons (Fsp3) is 0.500. The molecule has 1 aromatic carbocycles. The summed E-state index contributed by atoms with van der Waals surface area (Å²) in [6.45, 7) is 0.154. The van der Waals surface area contributed by atoms with Gasteiger partial charge in [-0.25, -0.2) is 21.1 Å². The summed E-state index contributed by atoms with van der Waals surface area (Å²) in [5, 5.41) is 2.70. The lowest BCUT2D eigenvalue weighted by Gasteiger charge is -2.25. The molecular formula is C18H25N3O5S2. The number of carbonyl (C=O) groups is 1. The van der Waals surface area contributed by atoms with Crippen LogP contribution in [0.1, 0.15) is 12.0 Å². The summed E-state index contributed by atoms with van der Waals surface area (Å²) in [6.07, 6.45) is 5.80. The van der Waals surface area contributed by atoms with Crippen molar-refractivity contribution in [2.45, 2.75) is 23.9 Å². The maximum atomic E-state index is 12.4. The van der Waals surface area contributed by atoms with E-state index in [0.29, 0.717) is 12.0 Å². The number of amides is 1. The van der Waals surface area contributed by atoms with Crippen LogP contribution in [0, 0.1) is 12.3 Å². The molecule has 1 saturated heterocycles. The van der Waals surface area contributed by atoms with Gasteiger partial charge in [0.2, 0.25) is 15.9 Å². The van der Waals surface area contributed by atoms with Crippen LogP contribution in [0.3, 0.4) is 0 Å². The van der Waals surface area contributed by atoms with Gasteiger partial charge in [0, 0.05) is 26.7 Å². The summed E-state index contributed by atoms with van der Waals surface area (Å²) in [6, 6.07) is 6.17. The second kappa shape index (κ2) is 9.05. The second-order valence-corrected chi connectivity index (χ2v) is 11.2. The van der Waals surface area contributed by atoms with Gasteiger partial charge >= 0.3 is 0 Å². The van der Waals surface area contributed by atoms with Crippen molar-refractivity contribution in [1.29, 1.82) is 0 Å². The minimum Gasteiger partial charge on any atom is -0.351 e. The van der Waals surface area contributed by atoms with Crippen LogP contribution in [0.4, 0.5) is 0 Å². The molecule has 1 atom stereocenters. The van der Waals surface area contributed by atoms with Gasteiger partial charge in [0.15, 0.2) is 9.84 Å². The number of hydrogen-bond acceptors (Lipinski definition) is 6. The normalized spacial score (nSPS) is 18.9. The molecule has 2 rings (SSSR count). The molecule has 1 aliphatic rings. The first-order valence-corrected chi connectivity index (χ1v) is 12.0. The number of sulfonamides is 1. The summed E-state index contributed by atoms with van der Waals surface area (Å²) < 4.78 is 49.3. The molecule has 1 fully saturated rings. The van der Waals surface area contributed by atoms with E-state index in [1.807, 2.05) is 0 Å². The lowest BCUT2D eigenvalue weighted by molar-refractivity contribution is -0.122. The van der Waals surface area contributed by atoms with Crippen molar-refractivity contribution in [3.05, 3.63) is 29.8 Å². The van der Waals surface area contributed by atoms with Gasteiger partial charge in [0.05, 0.1) is 29.5 Å². The molecule has 0 saturated carbocycles. The van der Waals surface area contributed by atoms with E-state index < -0.39 is 19.9 Å². The van der Waals surface area contributed by atoms with Crippen LogP contribution in [0.5, 0.6) is 0 Å². The van der Waals surface area contributed by atoms with Crippen molar-refractivity contribution >= 4 is 25.8 Å². The highest BCUT2D eigenvalue weighted by Crippen LogP contribution is 2.19. The van der Waals surface area contributed by atoms with Crippen molar-refractivity contribution in [3.63, 3.8) is 0 Å². The first kappa shape index (κ1) is 22.4. The average molecular weight is 428 g/mol. The fourth-order valence-electron chi connectivity index (χ4n) is 3.03. The number of nitrogens with zero attached hydrogens (tertiary/aromatic N) is 2. The molecule has 1 heterocycles. The van der Waals surface area contributed by atoms with E-state index in [1.165, 1.54) is 20.2 Å². The Morgan fingerprint density at radius 2 is 2.00 bits per heavy atom. The summed E-state index contributed by atoms with van der Waals surface area (Å²) in [5.41, 5.74) is 0.469. The molecule has 1 aromatic rings. The van der Waals surface area contributed by atoms with Crippen LogP contribution in [0.2, 0.25) is 0 Å². The molecular weight excluding hydrogens is 402 g/mol. The Morgan fingerprint density at radius 1 is 1.32 bits per heavy atom. The van der Waals surface area contributed by atoms with E-state index in [4.69, 9.17) is 6.42 Å². The molecule has 154 valence electrons. The number of carbonyl (C=O) groups excluding carboxylic acids is 1. The molecule has 0 aromatic heterocycles. The molecule has 8 nitrogen and oxygen atoms in total. The molecule has 28 heavy (non-hydrogen) atoms. The van der Waals surface area contributed by atoms with Crippen LogP contribution < -0.4 is 5.32 Å². The molecule has 10 heteroatoms. The van der Waals surface area contributed by atoms with Crippen LogP contribution in [-0.2, 0) is 31.2 Å². The number of rotatable bonds is 8. The van der Waals surface area contributed by atoms with E-state index in [9.17, 15) is 21.6 Å². The zero-order valence-corrected chi connectivity index (χ0v) is 17.6. The number of hydrogen-bond donors (Lipinski definition) is 1. The Morgan fingerprint density at radius 3 is 2.57 bits per heavy atom. The van der Waals surface area contributed by atoms with Crippen molar-refractivity contribution in [2.75, 3.05) is 38.7 Å². The van der Waals surface area contributed by atoms with E-state index >= 15 is 0 Å². The van der Waals surface area contributed by atoms with Crippen LogP contribution in [0.25, 0.3) is 0 Å². The monoisotopic (exact) mass is 427 g/mol. The second-order valence-electron chi connectivity index (χ2n) is 6.84. The molecule has 0 aliphatic carbocycles. The quantitative estimate of drug-likeness (QED) is 0.570. The number of terminal acetylenes is 1. The van der Waals surface area contributed by atoms with Crippen molar-refractivity contribution < 1.29 is 21.6 Å². The van der Waals surface area contributed by atoms with Gasteiger partial charge in [-0.05, 0) is 18.1 Å². The average Bonchev–Trinajstić information content (AvgIpc) is 2.99. The molecule has 1 N–H and O–H groups in total. The highest BCUT2D eigenvalue weighted by atomic mass is 32.2. The van der Waals surface area contributed by atoms with Gasteiger partial charge in [-0.15, -0.1) is 6.42 Å². The summed E-state index contributed by atoms with van der Waals surface area (Å²) in [7, 11) is -3.84. The van der Waals surface area contributed by atoms with E-state index in [-0.39, 0.29) is 48.0 Å². The Labute approximate surface area is 166 Å². The maximum Gasteiger partial charge on any atom is 0.242 e. The Kier molecular flexibility index (Phi) is 7.22. The van der Waals surface area contributed by atoms with Crippen molar-refractivity contribution in [3.8, 4) is 12.3 Å². The standard InChI is InChI=1S/C18H25N3O5S2/c1-4-10-21(16-9-11-27(23,24)14-16)13-18(22)19-12-15-7-5-6-8-17(15)28(25,26)20(2)3/h1,5-8,16H,9-14H2,2-3H3,(H,19,22). The third kappa shape index (κ3) is 5.54. The van der Waals surface area contributed by atoms with E-state index in [2.05, 4.69) is 11.2 Å². The Balaban J connectivity index is 2.05. The van der Waals surface area contributed by atoms with E-state index in [1.54, 1.807) is 23.1 Å². The van der Waals surface area contributed by atoms with Gasteiger partial charge in [-0.3, -0.25) is 9.69 Å². The lowest BCUT2D eigenvalue weighted by atomic mass is 10.2. The molecule has 0 bridgehead atoms. The summed E-state index contributed by atoms with van der Waals surface area (Å²) in [5.74, 6) is 2.19. The molecule has 1 unspecified atom stereocenters.